The van der Waals surface area contributed by atoms with Crippen LogP contribution < -0.4 is 4.31 Å². The van der Waals surface area contributed by atoms with Gasteiger partial charge in [0.15, 0.2) is 0 Å². The second-order valence-electron chi connectivity index (χ2n) is 4.27. The van der Waals surface area contributed by atoms with Gasteiger partial charge in [0.25, 0.3) is 10.0 Å². The standard InChI is InChI=1S/C12H8ClF2NO2S2/c13-11-1-2-12(19-11)20(17,18)16-4-3-8-9(15)5-7(14)6-10(8)16/h1-2,5-6H,3-4H2. The molecule has 1 aliphatic heterocycles. The average Bonchev–Trinajstić information content (AvgIpc) is 2.95. The van der Waals surface area contributed by atoms with E-state index in [1.54, 1.807) is 0 Å². The van der Waals surface area contributed by atoms with Crippen molar-refractivity contribution in [1.82, 2.24) is 0 Å². The largest absolute Gasteiger partial charge is 0.273 e. The van der Waals surface area contributed by atoms with E-state index in [1.165, 1.54) is 12.1 Å². The van der Waals surface area contributed by atoms with Gasteiger partial charge >= 0.3 is 0 Å². The SMILES string of the molecule is O=S(=O)(c1ccc(Cl)s1)N1CCc2c(F)cc(F)cc21. The lowest BCUT2D eigenvalue weighted by atomic mass is 10.1. The molecular formula is C12H8ClF2NO2S2. The smallest absolute Gasteiger partial charge is 0.265 e. The van der Waals surface area contributed by atoms with Gasteiger partial charge in [-0.25, -0.2) is 17.2 Å². The van der Waals surface area contributed by atoms with Crippen molar-refractivity contribution in [3.05, 3.63) is 45.8 Å². The van der Waals surface area contributed by atoms with Crippen LogP contribution in [-0.4, -0.2) is 15.0 Å². The number of nitrogens with zero attached hydrogens (tertiary/aromatic N) is 1. The molecule has 2 aromatic rings. The molecule has 3 rings (SSSR count). The zero-order chi connectivity index (χ0) is 14.5. The molecule has 1 aromatic heterocycles. The predicted molar refractivity (Wildman–Crippen MR) is 73.9 cm³/mol. The summed E-state index contributed by atoms with van der Waals surface area (Å²) in [5.74, 6) is -1.52. The minimum Gasteiger partial charge on any atom is -0.265 e. The number of hydrogen-bond acceptors (Lipinski definition) is 3. The molecule has 0 N–H and O–H groups in total. The molecule has 3 nitrogen and oxygen atoms in total. The molecule has 8 heteroatoms. The summed E-state index contributed by atoms with van der Waals surface area (Å²) in [7, 11) is -3.83. The third kappa shape index (κ3) is 2.10. The lowest BCUT2D eigenvalue weighted by Gasteiger charge is -2.18. The van der Waals surface area contributed by atoms with Crippen LogP contribution in [0.4, 0.5) is 14.5 Å². The first kappa shape index (κ1) is 13.8. The Morgan fingerprint density at radius 2 is 2.00 bits per heavy atom. The Hall–Kier alpha value is -1.18. The summed E-state index contributed by atoms with van der Waals surface area (Å²) in [4.78, 5) is 0. The second-order valence-corrected chi connectivity index (χ2v) is 8.08. The summed E-state index contributed by atoms with van der Waals surface area (Å²) in [6.45, 7) is 0.0908. The van der Waals surface area contributed by atoms with E-state index in [0.29, 0.717) is 4.34 Å². The van der Waals surface area contributed by atoms with Crippen LogP contribution in [-0.2, 0) is 16.4 Å². The molecule has 0 atom stereocenters. The van der Waals surface area contributed by atoms with Crippen LogP contribution in [0.3, 0.4) is 0 Å². The minimum absolute atomic E-state index is 0.0556. The van der Waals surface area contributed by atoms with Crippen LogP contribution in [0.5, 0.6) is 0 Å². The lowest BCUT2D eigenvalue weighted by molar-refractivity contribution is 0.577. The van der Waals surface area contributed by atoms with Crippen molar-refractivity contribution < 1.29 is 17.2 Å². The Balaban J connectivity index is 2.11. The van der Waals surface area contributed by atoms with Crippen molar-refractivity contribution in [3.63, 3.8) is 0 Å². The monoisotopic (exact) mass is 335 g/mol. The van der Waals surface area contributed by atoms with E-state index in [4.69, 9.17) is 11.6 Å². The van der Waals surface area contributed by atoms with Crippen molar-refractivity contribution in [1.29, 1.82) is 0 Å². The summed E-state index contributed by atoms with van der Waals surface area (Å²) in [6, 6.07) is 4.66. The Morgan fingerprint density at radius 3 is 2.65 bits per heavy atom. The van der Waals surface area contributed by atoms with E-state index >= 15 is 0 Å². The molecular weight excluding hydrogens is 328 g/mol. The number of hydrogen-bond donors (Lipinski definition) is 0. The molecule has 0 fully saturated rings. The van der Waals surface area contributed by atoms with Gasteiger partial charge in [-0.05, 0) is 24.6 Å². The van der Waals surface area contributed by atoms with Crippen molar-refractivity contribution in [2.75, 3.05) is 10.8 Å². The highest BCUT2D eigenvalue weighted by Gasteiger charge is 2.33. The molecule has 20 heavy (non-hydrogen) atoms. The highest BCUT2D eigenvalue weighted by molar-refractivity contribution is 7.94. The summed E-state index contributed by atoms with van der Waals surface area (Å²) in [6.07, 6.45) is 0.222. The first-order valence-corrected chi connectivity index (χ1v) is 8.29. The average molecular weight is 336 g/mol. The molecule has 0 saturated heterocycles. The van der Waals surface area contributed by atoms with Crippen molar-refractivity contribution in [2.24, 2.45) is 0 Å². The van der Waals surface area contributed by atoms with Gasteiger partial charge in [0.1, 0.15) is 15.8 Å². The van der Waals surface area contributed by atoms with Gasteiger partial charge < -0.3 is 0 Å². The number of sulfonamides is 1. The third-order valence-electron chi connectivity index (χ3n) is 3.06. The van der Waals surface area contributed by atoms with Crippen molar-refractivity contribution >= 4 is 38.6 Å². The van der Waals surface area contributed by atoms with Gasteiger partial charge in [-0.3, -0.25) is 4.31 Å². The number of fused-ring (bicyclic) bond motifs is 1. The number of rotatable bonds is 2. The summed E-state index contributed by atoms with van der Waals surface area (Å²) in [5.41, 5.74) is 0.282. The van der Waals surface area contributed by atoms with Gasteiger partial charge in [0.2, 0.25) is 0 Å². The fraction of sp³-hybridized carbons (Fsp3) is 0.167. The van der Waals surface area contributed by atoms with E-state index in [9.17, 15) is 17.2 Å². The fourth-order valence-corrected chi connectivity index (χ4v) is 5.27. The van der Waals surface area contributed by atoms with Gasteiger partial charge in [-0.2, -0.15) is 0 Å². The molecule has 0 bridgehead atoms. The maximum Gasteiger partial charge on any atom is 0.273 e. The zero-order valence-corrected chi connectivity index (χ0v) is 12.3. The molecule has 0 aliphatic carbocycles. The molecule has 1 aromatic carbocycles. The number of benzene rings is 1. The predicted octanol–water partition coefficient (Wildman–Crippen LogP) is 3.43. The summed E-state index contributed by atoms with van der Waals surface area (Å²) < 4.78 is 53.3. The molecule has 0 spiro atoms. The first-order valence-electron chi connectivity index (χ1n) is 5.65. The van der Waals surface area contributed by atoms with Gasteiger partial charge in [0.05, 0.1) is 10.0 Å². The van der Waals surface area contributed by atoms with Crippen molar-refractivity contribution in [3.8, 4) is 0 Å². The molecule has 0 amide bonds. The molecule has 0 unspecified atom stereocenters. The number of anilines is 1. The maximum atomic E-state index is 13.6. The summed E-state index contributed by atoms with van der Waals surface area (Å²) in [5, 5.41) is 0. The molecule has 106 valence electrons. The number of thiophene rings is 1. The topological polar surface area (TPSA) is 37.4 Å². The molecule has 0 saturated carbocycles. The Bertz CT molecular complexity index is 789. The number of halogens is 3. The van der Waals surface area contributed by atoms with Crippen molar-refractivity contribution in [2.45, 2.75) is 10.6 Å². The Labute approximate surface area is 123 Å². The van der Waals surface area contributed by atoms with Crippen LogP contribution in [0, 0.1) is 11.6 Å². The maximum absolute atomic E-state index is 13.6. The van der Waals surface area contributed by atoms with Crippen LogP contribution in [0.15, 0.2) is 28.5 Å². The minimum atomic E-state index is -3.83. The molecule has 0 radical (unpaired) electrons. The van der Waals surface area contributed by atoms with Crippen LogP contribution >= 0.6 is 22.9 Å². The van der Waals surface area contributed by atoms with E-state index in [-0.39, 0.29) is 28.4 Å². The Morgan fingerprint density at radius 1 is 1.25 bits per heavy atom. The zero-order valence-electron chi connectivity index (χ0n) is 9.94. The Kier molecular flexibility index (Phi) is 3.23. The van der Waals surface area contributed by atoms with Crippen LogP contribution in [0.25, 0.3) is 0 Å². The second kappa shape index (κ2) is 4.68. The quantitative estimate of drug-likeness (QED) is 0.843. The highest BCUT2D eigenvalue weighted by Crippen LogP contribution is 2.37. The van der Waals surface area contributed by atoms with Gasteiger partial charge in [-0.15, -0.1) is 11.3 Å². The van der Waals surface area contributed by atoms with Gasteiger partial charge in [0, 0.05) is 18.2 Å². The normalized spacial score (nSPS) is 14.7. The van der Waals surface area contributed by atoms with Crippen LogP contribution in [0.1, 0.15) is 5.56 Å². The molecule has 2 heterocycles. The van der Waals surface area contributed by atoms with Crippen LogP contribution in [0.2, 0.25) is 4.34 Å². The first-order chi connectivity index (χ1) is 9.39. The van der Waals surface area contributed by atoms with E-state index in [1.807, 2.05) is 0 Å². The third-order valence-corrected chi connectivity index (χ3v) is 6.57. The lowest BCUT2D eigenvalue weighted by Crippen LogP contribution is -2.28. The fourth-order valence-electron chi connectivity index (χ4n) is 2.19. The van der Waals surface area contributed by atoms with E-state index < -0.39 is 21.7 Å². The van der Waals surface area contributed by atoms with E-state index in [0.717, 1.165) is 27.8 Å². The molecule has 1 aliphatic rings. The highest BCUT2D eigenvalue weighted by atomic mass is 35.5. The van der Waals surface area contributed by atoms with Gasteiger partial charge in [-0.1, -0.05) is 11.6 Å². The van der Waals surface area contributed by atoms with E-state index in [2.05, 4.69) is 0 Å². The summed E-state index contributed by atoms with van der Waals surface area (Å²) >= 11 is 6.65.